The summed E-state index contributed by atoms with van der Waals surface area (Å²) in [5.74, 6) is 4.79. The summed E-state index contributed by atoms with van der Waals surface area (Å²) < 4.78 is 0. The topological polar surface area (TPSA) is 68.0 Å². The molecule has 0 fully saturated rings. The van der Waals surface area contributed by atoms with Gasteiger partial charge in [0.05, 0.1) is 10.3 Å². The van der Waals surface area contributed by atoms with Crippen LogP contribution in [0.25, 0.3) is 0 Å². The lowest BCUT2D eigenvalue weighted by Crippen LogP contribution is -2.36. The van der Waals surface area contributed by atoms with Crippen molar-refractivity contribution in [3.63, 3.8) is 0 Å². The maximum absolute atomic E-state index is 11.0. The van der Waals surface area contributed by atoms with Crippen LogP contribution in [-0.2, 0) is 4.79 Å². The van der Waals surface area contributed by atoms with Crippen molar-refractivity contribution in [2.24, 2.45) is 5.84 Å². The molecular formula is C8H11N3OS. The number of pyridine rings is 1. The van der Waals surface area contributed by atoms with Gasteiger partial charge < -0.3 is 0 Å². The van der Waals surface area contributed by atoms with Gasteiger partial charge in [0.2, 0.25) is 5.91 Å². The Kier molecular flexibility index (Phi) is 3.72. The highest BCUT2D eigenvalue weighted by atomic mass is 32.2. The quantitative estimate of drug-likeness (QED) is 0.321. The number of hydrogen-bond donors (Lipinski definition) is 2. The predicted octanol–water partition coefficient (Wildman–Crippen LogP) is 0.552. The SMILES string of the molecule is C[C@H](Sc1ccccn1)C(=O)NN. The van der Waals surface area contributed by atoms with Gasteiger partial charge in [0, 0.05) is 6.20 Å². The van der Waals surface area contributed by atoms with Gasteiger partial charge >= 0.3 is 0 Å². The molecule has 0 bridgehead atoms. The van der Waals surface area contributed by atoms with Crippen LogP contribution in [0.5, 0.6) is 0 Å². The third-order valence-electron chi connectivity index (χ3n) is 1.45. The summed E-state index contributed by atoms with van der Waals surface area (Å²) in [5.41, 5.74) is 2.10. The highest BCUT2D eigenvalue weighted by Gasteiger charge is 2.12. The minimum absolute atomic E-state index is 0.198. The number of nitrogens with zero attached hydrogens (tertiary/aromatic N) is 1. The highest BCUT2D eigenvalue weighted by molar-refractivity contribution is 8.00. The average Bonchev–Trinajstić information content (AvgIpc) is 2.18. The molecule has 0 saturated heterocycles. The molecule has 0 aliphatic rings. The summed E-state index contributed by atoms with van der Waals surface area (Å²) in [7, 11) is 0. The van der Waals surface area contributed by atoms with Crippen molar-refractivity contribution in [3.05, 3.63) is 24.4 Å². The molecule has 1 aromatic rings. The molecule has 1 atom stereocenters. The van der Waals surface area contributed by atoms with E-state index in [4.69, 9.17) is 5.84 Å². The number of aromatic nitrogens is 1. The van der Waals surface area contributed by atoms with Crippen LogP contribution < -0.4 is 11.3 Å². The zero-order chi connectivity index (χ0) is 9.68. The summed E-state index contributed by atoms with van der Waals surface area (Å²) in [6.45, 7) is 1.78. The number of nitrogens with one attached hydrogen (secondary N) is 1. The second-order valence-electron chi connectivity index (χ2n) is 2.44. The van der Waals surface area contributed by atoms with E-state index in [1.54, 1.807) is 13.1 Å². The fourth-order valence-electron chi connectivity index (χ4n) is 0.769. The zero-order valence-electron chi connectivity index (χ0n) is 7.23. The van der Waals surface area contributed by atoms with Crippen molar-refractivity contribution in [2.75, 3.05) is 0 Å². The Morgan fingerprint density at radius 1 is 1.69 bits per heavy atom. The molecule has 4 nitrogen and oxygen atoms in total. The van der Waals surface area contributed by atoms with E-state index in [-0.39, 0.29) is 11.2 Å². The van der Waals surface area contributed by atoms with Gasteiger partial charge in [0.15, 0.2) is 0 Å². The van der Waals surface area contributed by atoms with Gasteiger partial charge in [-0.25, -0.2) is 10.8 Å². The van der Waals surface area contributed by atoms with E-state index < -0.39 is 0 Å². The molecule has 0 radical (unpaired) electrons. The Bertz CT molecular complexity index is 278. The lowest BCUT2D eigenvalue weighted by Gasteiger charge is -2.07. The van der Waals surface area contributed by atoms with Crippen LogP contribution in [0.1, 0.15) is 6.92 Å². The molecule has 1 amide bonds. The van der Waals surface area contributed by atoms with Gasteiger partial charge in [-0.3, -0.25) is 10.2 Å². The highest BCUT2D eigenvalue weighted by Crippen LogP contribution is 2.19. The van der Waals surface area contributed by atoms with Crippen LogP contribution in [0, 0.1) is 0 Å². The zero-order valence-corrected chi connectivity index (χ0v) is 8.04. The molecule has 0 aromatic carbocycles. The fourth-order valence-corrected chi connectivity index (χ4v) is 1.58. The number of thioether (sulfide) groups is 1. The van der Waals surface area contributed by atoms with Crippen molar-refractivity contribution >= 4 is 17.7 Å². The molecule has 1 aromatic heterocycles. The van der Waals surface area contributed by atoms with Gasteiger partial charge in [-0.2, -0.15) is 0 Å². The number of nitrogens with two attached hydrogens (primary N) is 1. The third kappa shape index (κ3) is 3.04. The van der Waals surface area contributed by atoms with Crippen LogP contribution in [-0.4, -0.2) is 16.1 Å². The molecule has 0 spiro atoms. The first-order valence-corrected chi connectivity index (χ1v) is 4.70. The monoisotopic (exact) mass is 197 g/mol. The Morgan fingerprint density at radius 2 is 2.46 bits per heavy atom. The Balaban J connectivity index is 2.55. The molecular weight excluding hydrogens is 186 g/mol. The molecule has 5 heteroatoms. The second-order valence-corrected chi connectivity index (χ2v) is 3.80. The van der Waals surface area contributed by atoms with Crippen LogP contribution in [0.2, 0.25) is 0 Å². The van der Waals surface area contributed by atoms with Crippen molar-refractivity contribution in [2.45, 2.75) is 17.2 Å². The number of rotatable bonds is 3. The van der Waals surface area contributed by atoms with Crippen molar-refractivity contribution < 1.29 is 4.79 Å². The number of carbonyl (C=O) groups excluding carboxylic acids is 1. The minimum atomic E-state index is -0.222. The first-order chi connectivity index (χ1) is 6.24. The molecule has 70 valence electrons. The van der Waals surface area contributed by atoms with Crippen LogP contribution in [0.4, 0.5) is 0 Å². The standard InChI is InChI=1S/C8H11N3OS/c1-6(8(12)11-9)13-7-4-2-3-5-10-7/h2-6H,9H2,1H3,(H,11,12)/t6-/m0/s1. The first-order valence-electron chi connectivity index (χ1n) is 3.82. The molecule has 3 N–H and O–H groups in total. The average molecular weight is 197 g/mol. The second kappa shape index (κ2) is 4.84. The van der Waals surface area contributed by atoms with Crippen LogP contribution in [0.3, 0.4) is 0 Å². The summed E-state index contributed by atoms with van der Waals surface area (Å²) in [4.78, 5) is 15.1. The van der Waals surface area contributed by atoms with Gasteiger partial charge in [-0.15, -0.1) is 0 Å². The Labute approximate surface area is 80.9 Å². The lowest BCUT2D eigenvalue weighted by atomic mass is 10.5. The predicted molar refractivity (Wildman–Crippen MR) is 51.9 cm³/mol. The van der Waals surface area contributed by atoms with E-state index in [1.807, 2.05) is 18.2 Å². The molecule has 0 aliphatic carbocycles. The smallest absolute Gasteiger partial charge is 0.247 e. The summed E-state index contributed by atoms with van der Waals surface area (Å²) in [5, 5.41) is 0.596. The summed E-state index contributed by atoms with van der Waals surface area (Å²) in [6, 6.07) is 5.56. The van der Waals surface area contributed by atoms with Crippen molar-refractivity contribution in [1.29, 1.82) is 0 Å². The molecule has 13 heavy (non-hydrogen) atoms. The maximum atomic E-state index is 11.0. The number of hydrogen-bond acceptors (Lipinski definition) is 4. The van der Waals surface area contributed by atoms with Crippen molar-refractivity contribution in [3.8, 4) is 0 Å². The van der Waals surface area contributed by atoms with Gasteiger partial charge in [0.25, 0.3) is 0 Å². The van der Waals surface area contributed by atoms with E-state index in [0.717, 1.165) is 5.03 Å². The van der Waals surface area contributed by atoms with E-state index in [9.17, 15) is 4.79 Å². The Morgan fingerprint density at radius 3 is 3.00 bits per heavy atom. The fraction of sp³-hybridized carbons (Fsp3) is 0.250. The van der Waals surface area contributed by atoms with E-state index in [0.29, 0.717) is 0 Å². The normalized spacial score (nSPS) is 12.2. The van der Waals surface area contributed by atoms with E-state index >= 15 is 0 Å². The summed E-state index contributed by atoms with van der Waals surface area (Å²) in [6.07, 6.45) is 1.69. The van der Waals surface area contributed by atoms with E-state index in [1.165, 1.54) is 11.8 Å². The first kappa shape index (κ1) is 10.0. The van der Waals surface area contributed by atoms with Gasteiger partial charge in [0.1, 0.15) is 0 Å². The largest absolute Gasteiger partial charge is 0.293 e. The number of carbonyl (C=O) groups is 1. The maximum Gasteiger partial charge on any atom is 0.247 e. The summed E-state index contributed by atoms with van der Waals surface area (Å²) >= 11 is 1.37. The third-order valence-corrected chi connectivity index (χ3v) is 2.50. The molecule has 1 heterocycles. The van der Waals surface area contributed by atoms with Crippen LogP contribution >= 0.6 is 11.8 Å². The lowest BCUT2D eigenvalue weighted by molar-refractivity contribution is -0.120. The van der Waals surface area contributed by atoms with Gasteiger partial charge in [-0.1, -0.05) is 17.8 Å². The minimum Gasteiger partial charge on any atom is -0.293 e. The number of amides is 1. The van der Waals surface area contributed by atoms with Crippen LogP contribution in [0.15, 0.2) is 29.4 Å². The molecule has 0 saturated carbocycles. The van der Waals surface area contributed by atoms with Gasteiger partial charge in [-0.05, 0) is 19.1 Å². The van der Waals surface area contributed by atoms with Crippen molar-refractivity contribution in [1.82, 2.24) is 10.4 Å². The Hall–Kier alpha value is -1.07. The number of hydrazine groups is 1. The molecule has 0 aliphatic heterocycles. The van der Waals surface area contributed by atoms with E-state index in [2.05, 4.69) is 10.4 Å². The molecule has 1 rings (SSSR count). The molecule has 0 unspecified atom stereocenters.